The van der Waals surface area contributed by atoms with Crippen molar-refractivity contribution >= 4 is 17.0 Å². The molecule has 1 aliphatic rings. The van der Waals surface area contributed by atoms with Gasteiger partial charge >= 0.3 is 0 Å². The maximum Gasteiger partial charge on any atom is 0.105 e. The highest BCUT2D eigenvalue weighted by molar-refractivity contribution is 6.76. The van der Waals surface area contributed by atoms with E-state index in [0.717, 1.165) is 12.0 Å². The van der Waals surface area contributed by atoms with Gasteiger partial charge in [0.25, 0.3) is 0 Å². The van der Waals surface area contributed by atoms with Crippen molar-refractivity contribution in [2.24, 2.45) is 5.92 Å². The Kier molecular flexibility index (Phi) is 7.18. The van der Waals surface area contributed by atoms with Crippen molar-refractivity contribution in [2.45, 2.75) is 89.8 Å². The Morgan fingerprint density at radius 3 is 2.33 bits per heavy atom. The fourth-order valence-corrected chi connectivity index (χ4v) is 7.07. The largest absolute Gasteiger partial charge is 0.337 e. The molecule has 1 aliphatic carbocycles. The summed E-state index contributed by atoms with van der Waals surface area (Å²) >= 11 is 0. The average molecular weight is 286 g/mol. The van der Waals surface area contributed by atoms with Crippen LogP contribution in [0.4, 0.5) is 0 Å². The first kappa shape index (κ1) is 16.4. The molecule has 0 amide bonds. The third-order valence-electron chi connectivity index (χ3n) is 4.47. The van der Waals surface area contributed by atoms with Gasteiger partial charge in [-0.05, 0) is 24.8 Å². The fraction of sp³-hybridized carbons (Fsp3) is 1.00. The minimum absolute atomic E-state index is 0.648. The summed E-state index contributed by atoms with van der Waals surface area (Å²) in [4.78, 5) is 3.99. The van der Waals surface area contributed by atoms with E-state index in [1.54, 1.807) is 0 Å². The number of nitrogens with one attached hydrogen (secondary N) is 1. The molecule has 0 spiro atoms. The Hall–Kier alpha value is 0.394. The van der Waals surface area contributed by atoms with Crippen molar-refractivity contribution in [1.29, 1.82) is 0 Å². The predicted octanol–water partition coefficient (Wildman–Crippen LogP) is 4.63. The van der Waals surface area contributed by atoms with E-state index in [1.807, 2.05) is 0 Å². The molecular weight excluding hydrogens is 250 g/mol. The molecule has 0 aromatic heterocycles. The molecule has 1 fully saturated rings. The molecule has 1 saturated carbocycles. The van der Waals surface area contributed by atoms with Crippen LogP contribution in [-0.2, 0) is 0 Å². The summed E-state index contributed by atoms with van der Waals surface area (Å²) in [6, 6.07) is 3.81. The Morgan fingerprint density at radius 1 is 1.17 bits per heavy atom. The lowest BCUT2D eigenvalue weighted by atomic mass is 9.85. The standard InChI is InChI=1S/C15H35NSi2/c1-14(15-10-7-6-8-11-15)16-17(2)12-9-13-18(3,4)5/h14-17H,6-13H2,1-5H3. The van der Waals surface area contributed by atoms with Crippen molar-refractivity contribution in [3.63, 3.8) is 0 Å². The van der Waals surface area contributed by atoms with Gasteiger partial charge in [-0.25, -0.2) is 0 Å². The second kappa shape index (κ2) is 7.86. The monoisotopic (exact) mass is 285 g/mol. The van der Waals surface area contributed by atoms with Crippen molar-refractivity contribution in [3.8, 4) is 0 Å². The fourth-order valence-electron chi connectivity index (χ4n) is 3.24. The van der Waals surface area contributed by atoms with E-state index in [4.69, 9.17) is 0 Å². The van der Waals surface area contributed by atoms with Gasteiger partial charge in [-0.1, -0.05) is 64.8 Å². The van der Waals surface area contributed by atoms with E-state index in [-0.39, 0.29) is 0 Å². The van der Waals surface area contributed by atoms with Gasteiger partial charge in [0, 0.05) is 14.1 Å². The molecule has 0 aromatic rings. The van der Waals surface area contributed by atoms with Crippen molar-refractivity contribution in [3.05, 3.63) is 0 Å². The van der Waals surface area contributed by atoms with Gasteiger partial charge < -0.3 is 4.98 Å². The van der Waals surface area contributed by atoms with Gasteiger partial charge in [0.2, 0.25) is 0 Å². The Bertz CT molecular complexity index is 219. The maximum absolute atomic E-state index is 3.99. The van der Waals surface area contributed by atoms with E-state index < -0.39 is 17.0 Å². The molecule has 0 saturated heterocycles. The number of hydrogen-bond donors (Lipinski definition) is 1. The summed E-state index contributed by atoms with van der Waals surface area (Å²) in [7, 11) is -1.45. The van der Waals surface area contributed by atoms with Crippen LogP contribution in [0.15, 0.2) is 0 Å². The summed E-state index contributed by atoms with van der Waals surface area (Å²) in [6.07, 6.45) is 8.86. The number of rotatable bonds is 7. The van der Waals surface area contributed by atoms with E-state index in [0.29, 0.717) is 0 Å². The van der Waals surface area contributed by atoms with Crippen LogP contribution < -0.4 is 4.98 Å². The second-order valence-electron chi connectivity index (χ2n) is 7.71. The molecule has 1 nitrogen and oxygen atoms in total. The topological polar surface area (TPSA) is 12.0 Å². The van der Waals surface area contributed by atoms with Crippen molar-refractivity contribution in [2.75, 3.05) is 0 Å². The van der Waals surface area contributed by atoms with Gasteiger partial charge in [0.15, 0.2) is 0 Å². The predicted molar refractivity (Wildman–Crippen MR) is 89.8 cm³/mol. The van der Waals surface area contributed by atoms with E-state index in [9.17, 15) is 0 Å². The first-order chi connectivity index (χ1) is 8.38. The molecule has 0 aliphatic heterocycles. The molecule has 0 aromatic carbocycles. The molecule has 2 atom stereocenters. The van der Waals surface area contributed by atoms with E-state index in [1.165, 1.54) is 50.6 Å². The second-order valence-corrected chi connectivity index (χ2v) is 16.0. The molecular formula is C15H35NSi2. The van der Waals surface area contributed by atoms with Gasteiger partial charge in [-0.15, -0.1) is 0 Å². The zero-order chi connectivity index (χ0) is 13.6. The highest BCUT2D eigenvalue weighted by Gasteiger charge is 2.21. The van der Waals surface area contributed by atoms with Gasteiger partial charge in [0.1, 0.15) is 8.96 Å². The molecule has 0 radical (unpaired) electrons. The minimum Gasteiger partial charge on any atom is -0.337 e. The van der Waals surface area contributed by atoms with Crippen LogP contribution in [0.25, 0.3) is 0 Å². The first-order valence-electron chi connectivity index (χ1n) is 8.14. The van der Waals surface area contributed by atoms with Gasteiger partial charge in [-0.3, -0.25) is 0 Å². The van der Waals surface area contributed by atoms with Crippen LogP contribution in [0.2, 0.25) is 38.3 Å². The van der Waals surface area contributed by atoms with Crippen molar-refractivity contribution in [1.82, 2.24) is 4.98 Å². The van der Waals surface area contributed by atoms with Crippen LogP contribution in [0.1, 0.15) is 45.4 Å². The molecule has 1 rings (SSSR count). The third-order valence-corrected chi connectivity index (χ3v) is 8.69. The molecule has 0 heterocycles. The summed E-state index contributed by atoms with van der Waals surface area (Å²) in [6.45, 7) is 12.5. The first-order valence-corrected chi connectivity index (χ1v) is 14.4. The molecule has 108 valence electrons. The highest BCUT2D eigenvalue weighted by Crippen LogP contribution is 2.26. The average Bonchev–Trinajstić information content (AvgIpc) is 2.28. The third kappa shape index (κ3) is 7.10. The van der Waals surface area contributed by atoms with Gasteiger partial charge in [0.05, 0.1) is 0 Å². The lowest BCUT2D eigenvalue weighted by molar-refractivity contribution is 0.303. The SMILES string of the molecule is CC(N[SiH](C)CCC[Si](C)(C)C)C1CCCCC1. The molecule has 18 heavy (non-hydrogen) atoms. The Balaban J connectivity index is 2.16. The van der Waals surface area contributed by atoms with E-state index in [2.05, 4.69) is 38.1 Å². The Labute approximate surface area is 118 Å². The molecule has 1 N–H and O–H groups in total. The van der Waals surface area contributed by atoms with Crippen LogP contribution in [0.5, 0.6) is 0 Å². The minimum atomic E-state index is -0.802. The summed E-state index contributed by atoms with van der Waals surface area (Å²) in [5, 5.41) is 0. The van der Waals surface area contributed by atoms with Crippen LogP contribution in [0.3, 0.4) is 0 Å². The lowest BCUT2D eigenvalue weighted by Crippen LogP contribution is -2.43. The van der Waals surface area contributed by atoms with Crippen molar-refractivity contribution < 1.29 is 0 Å². The zero-order valence-corrected chi connectivity index (χ0v) is 15.5. The van der Waals surface area contributed by atoms with Crippen LogP contribution >= 0.6 is 0 Å². The molecule has 2 unspecified atom stereocenters. The lowest BCUT2D eigenvalue weighted by Gasteiger charge is -2.30. The smallest absolute Gasteiger partial charge is 0.105 e. The van der Waals surface area contributed by atoms with Crippen LogP contribution in [-0.4, -0.2) is 23.1 Å². The quantitative estimate of drug-likeness (QED) is 0.673. The molecule has 3 heteroatoms. The molecule has 0 bridgehead atoms. The summed E-state index contributed by atoms with van der Waals surface area (Å²) < 4.78 is 0. The highest BCUT2D eigenvalue weighted by atomic mass is 28.3. The zero-order valence-electron chi connectivity index (χ0n) is 13.4. The maximum atomic E-state index is 3.99. The normalized spacial score (nSPS) is 21.8. The summed E-state index contributed by atoms with van der Waals surface area (Å²) in [5.41, 5.74) is 0. The van der Waals surface area contributed by atoms with Crippen LogP contribution in [0, 0.1) is 5.92 Å². The van der Waals surface area contributed by atoms with E-state index >= 15 is 0 Å². The Morgan fingerprint density at radius 2 is 1.78 bits per heavy atom. The van der Waals surface area contributed by atoms with Gasteiger partial charge in [-0.2, -0.15) is 0 Å². The number of hydrogen-bond acceptors (Lipinski definition) is 1. The summed E-state index contributed by atoms with van der Waals surface area (Å²) in [5.74, 6) is 0.977.